The summed E-state index contributed by atoms with van der Waals surface area (Å²) < 4.78 is 0. The average molecular weight is 317 g/mol. The van der Waals surface area contributed by atoms with Crippen LogP contribution >= 0.6 is 0 Å². The third-order valence-electron chi connectivity index (χ3n) is 4.50. The number of hydrogen-bond acceptors (Lipinski definition) is 3. The molecule has 1 aromatic carbocycles. The monoisotopic (exact) mass is 317 g/mol. The van der Waals surface area contributed by atoms with Crippen molar-refractivity contribution < 1.29 is 4.79 Å². The Hall–Kier alpha value is -2.75. The number of pyridine rings is 1. The van der Waals surface area contributed by atoms with Gasteiger partial charge in [-0.05, 0) is 30.5 Å². The SMILES string of the molecule is O=C1/C(=C(/c2ccccc2)c2ccccn2)N=C2CCCCCN12. The van der Waals surface area contributed by atoms with Crippen LogP contribution in [0.1, 0.15) is 36.9 Å². The Morgan fingerprint density at radius 3 is 2.58 bits per heavy atom. The molecule has 1 fully saturated rings. The molecule has 120 valence electrons. The molecule has 0 aliphatic carbocycles. The van der Waals surface area contributed by atoms with Crippen LogP contribution in [0, 0.1) is 0 Å². The summed E-state index contributed by atoms with van der Waals surface area (Å²) in [5.41, 5.74) is 3.11. The van der Waals surface area contributed by atoms with Crippen LogP contribution in [-0.2, 0) is 4.79 Å². The molecule has 4 rings (SSSR count). The number of amides is 1. The van der Waals surface area contributed by atoms with Gasteiger partial charge in [0.2, 0.25) is 0 Å². The van der Waals surface area contributed by atoms with Crippen LogP contribution in [0.2, 0.25) is 0 Å². The largest absolute Gasteiger partial charge is 0.295 e. The van der Waals surface area contributed by atoms with Gasteiger partial charge in [0.05, 0.1) is 5.69 Å². The summed E-state index contributed by atoms with van der Waals surface area (Å²) in [6.07, 6.45) is 5.93. The van der Waals surface area contributed by atoms with Gasteiger partial charge in [-0.3, -0.25) is 14.7 Å². The van der Waals surface area contributed by atoms with Gasteiger partial charge in [-0.2, -0.15) is 0 Å². The Labute approximate surface area is 141 Å². The van der Waals surface area contributed by atoms with Crippen LogP contribution in [0.3, 0.4) is 0 Å². The Kier molecular flexibility index (Phi) is 3.95. The van der Waals surface area contributed by atoms with E-state index in [4.69, 9.17) is 4.99 Å². The van der Waals surface area contributed by atoms with Gasteiger partial charge >= 0.3 is 0 Å². The maximum atomic E-state index is 13.0. The van der Waals surface area contributed by atoms with E-state index in [1.54, 1.807) is 6.20 Å². The van der Waals surface area contributed by atoms with E-state index in [2.05, 4.69) is 4.98 Å². The molecule has 2 aromatic rings. The minimum absolute atomic E-state index is 0.0106. The van der Waals surface area contributed by atoms with Crippen molar-refractivity contribution in [1.29, 1.82) is 0 Å². The lowest BCUT2D eigenvalue weighted by Gasteiger charge is -2.15. The van der Waals surface area contributed by atoms with Gasteiger partial charge in [0.25, 0.3) is 5.91 Å². The fourth-order valence-corrected chi connectivity index (χ4v) is 3.32. The summed E-state index contributed by atoms with van der Waals surface area (Å²) >= 11 is 0. The molecule has 2 aliphatic heterocycles. The predicted molar refractivity (Wildman–Crippen MR) is 94.3 cm³/mol. The number of carbonyl (C=O) groups excluding carboxylic acids is 1. The zero-order valence-electron chi connectivity index (χ0n) is 13.5. The quantitative estimate of drug-likeness (QED) is 0.794. The molecule has 0 saturated carbocycles. The Bertz CT molecular complexity index is 768. The minimum atomic E-state index is 0.0106. The number of carbonyl (C=O) groups is 1. The first-order chi connectivity index (χ1) is 11.8. The fraction of sp³-hybridized carbons (Fsp3) is 0.250. The molecule has 0 bridgehead atoms. The topological polar surface area (TPSA) is 45.6 Å². The standard InChI is InChI=1S/C20H19N3O/c24-20-19(22-17-12-5-2-8-14-23(17)20)18(15-9-3-1-4-10-15)16-11-6-7-13-21-16/h1,3-4,6-7,9-11,13H,2,5,8,12,14H2/b19-18+. The van der Waals surface area contributed by atoms with Crippen LogP contribution in [-0.4, -0.2) is 28.2 Å². The molecule has 4 heteroatoms. The van der Waals surface area contributed by atoms with E-state index in [1.165, 1.54) is 0 Å². The van der Waals surface area contributed by atoms with Crippen LogP contribution in [0.15, 0.2) is 65.4 Å². The average Bonchev–Trinajstić information content (AvgIpc) is 2.80. The highest BCUT2D eigenvalue weighted by atomic mass is 16.2. The summed E-state index contributed by atoms with van der Waals surface area (Å²) in [7, 11) is 0. The van der Waals surface area contributed by atoms with Gasteiger partial charge in [0.15, 0.2) is 0 Å². The zero-order chi connectivity index (χ0) is 16.4. The molecule has 4 nitrogen and oxygen atoms in total. The Balaban J connectivity index is 1.90. The van der Waals surface area contributed by atoms with Gasteiger partial charge in [-0.25, -0.2) is 4.99 Å². The highest BCUT2D eigenvalue weighted by molar-refractivity contribution is 6.17. The van der Waals surface area contributed by atoms with Crippen molar-refractivity contribution in [2.45, 2.75) is 25.7 Å². The second-order valence-corrected chi connectivity index (χ2v) is 6.10. The van der Waals surface area contributed by atoms with Gasteiger partial charge in [0.1, 0.15) is 11.5 Å². The van der Waals surface area contributed by atoms with Gasteiger partial charge in [-0.15, -0.1) is 0 Å². The molecule has 3 heterocycles. The first-order valence-electron chi connectivity index (χ1n) is 8.45. The summed E-state index contributed by atoms with van der Waals surface area (Å²) in [4.78, 5) is 24.1. The van der Waals surface area contributed by atoms with Crippen molar-refractivity contribution in [2.24, 2.45) is 4.99 Å². The third-order valence-corrected chi connectivity index (χ3v) is 4.50. The minimum Gasteiger partial charge on any atom is -0.295 e. The number of hydrogen-bond donors (Lipinski definition) is 0. The molecule has 1 aromatic heterocycles. The van der Waals surface area contributed by atoms with E-state index in [-0.39, 0.29) is 5.91 Å². The van der Waals surface area contributed by atoms with Gasteiger partial charge < -0.3 is 0 Å². The van der Waals surface area contributed by atoms with Crippen molar-refractivity contribution in [3.05, 3.63) is 71.7 Å². The predicted octanol–water partition coefficient (Wildman–Crippen LogP) is 3.66. The fourth-order valence-electron chi connectivity index (χ4n) is 3.32. The number of amidine groups is 1. The second kappa shape index (κ2) is 6.40. The third kappa shape index (κ3) is 2.64. The first-order valence-corrected chi connectivity index (χ1v) is 8.45. The summed E-state index contributed by atoms with van der Waals surface area (Å²) in [5.74, 6) is 0.924. The van der Waals surface area contributed by atoms with E-state index in [0.717, 1.165) is 54.9 Å². The molecule has 24 heavy (non-hydrogen) atoms. The number of aliphatic imine (C=N–C) groups is 1. The van der Waals surface area contributed by atoms with Gasteiger partial charge in [-0.1, -0.05) is 42.8 Å². The highest BCUT2D eigenvalue weighted by Gasteiger charge is 2.33. The molecule has 0 radical (unpaired) electrons. The number of fused-ring (bicyclic) bond motifs is 1. The zero-order valence-corrected chi connectivity index (χ0v) is 13.5. The number of benzene rings is 1. The lowest BCUT2D eigenvalue weighted by Crippen LogP contribution is -2.31. The van der Waals surface area contributed by atoms with Crippen molar-refractivity contribution >= 4 is 17.3 Å². The maximum Gasteiger partial charge on any atom is 0.278 e. The van der Waals surface area contributed by atoms with Crippen LogP contribution in [0.4, 0.5) is 0 Å². The smallest absolute Gasteiger partial charge is 0.278 e. The van der Waals surface area contributed by atoms with Crippen molar-refractivity contribution in [2.75, 3.05) is 6.54 Å². The molecule has 0 atom stereocenters. The van der Waals surface area contributed by atoms with E-state index in [1.807, 2.05) is 53.4 Å². The molecule has 1 amide bonds. The number of rotatable bonds is 2. The van der Waals surface area contributed by atoms with E-state index in [0.29, 0.717) is 5.70 Å². The summed E-state index contributed by atoms with van der Waals surface area (Å²) in [5, 5.41) is 0. The molecular formula is C20H19N3O. The maximum absolute atomic E-state index is 13.0. The highest BCUT2D eigenvalue weighted by Crippen LogP contribution is 2.32. The molecule has 0 N–H and O–H groups in total. The molecule has 0 unspecified atom stereocenters. The Morgan fingerprint density at radius 2 is 1.79 bits per heavy atom. The van der Waals surface area contributed by atoms with Gasteiger partial charge in [0, 0.05) is 24.7 Å². The van der Waals surface area contributed by atoms with E-state index >= 15 is 0 Å². The lowest BCUT2D eigenvalue weighted by molar-refractivity contribution is -0.122. The molecular weight excluding hydrogens is 298 g/mol. The molecule has 2 aliphatic rings. The van der Waals surface area contributed by atoms with Crippen LogP contribution in [0.25, 0.3) is 5.57 Å². The normalized spacial score (nSPS) is 19.6. The lowest BCUT2D eigenvalue weighted by atomic mass is 9.99. The van der Waals surface area contributed by atoms with E-state index in [9.17, 15) is 4.79 Å². The first kappa shape index (κ1) is 14.8. The summed E-state index contributed by atoms with van der Waals surface area (Å²) in [6.45, 7) is 0.769. The number of nitrogens with zero attached hydrogens (tertiary/aromatic N) is 3. The molecule has 1 saturated heterocycles. The summed E-state index contributed by atoms with van der Waals surface area (Å²) in [6, 6.07) is 15.7. The van der Waals surface area contributed by atoms with E-state index < -0.39 is 0 Å². The Morgan fingerprint density at radius 1 is 0.958 bits per heavy atom. The number of aromatic nitrogens is 1. The van der Waals surface area contributed by atoms with Crippen molar-refractivity contribution in [3.8, 4) is 0 Å². The van der Waals surface area contributed by atoms with Crippen molar-refractivity contribution in [3.63, 3.8) is 0 Å². The van der Waals surface area contributed by atoms with Crippen molar-refractivity contribution in [1.82, 2.24) is 9.88 Å². The second-order valence-electron chi connectivity index (χ2n) is 6.10. The van der Waals surface area contributed by atoms with Crippen LogP contribution in [0.5, 0.6) is 0 Å². The van der Waals surface area contributed by atoms with Crippen LogP contribution < -0.4 is 0 Å². The molecule has 0 spiro atoms.